The molecule has 114 valence electrons. The molecule has 21 heavy (non-hydrogen) atoms. The van der Waals surface area contributed by atoms with Gasteiger partial charge in [0.15, 0.2) is 0 Å². The van der Waals surface area contributed by atoms with Gasteiger partial charge in [-0.05, 0) is 25.8 Å². The standard InChI is InChI=1S/C15H21N3O3/c1-11-12(6-5-7-13(11)18(20)21)17-14(19)10-15(16)8-3-2-4-9-15/h5-7H,2-4,8-10,16H2,1H3,(H,17,19). The molecule has 0 unspecified atom stereocenters. The van der Waals surface area contributed by atoms with Crippen molar-refractivity contribution >= 4 is 17.3 Å². The number of hydrogen-bond acceptors (Lipinski definition) is 4. The number of carbonyl (C=O) groups excluding carboxylic acids is 1. The molecule has 1 aromatic rings. The Labute approximate surface area is 123 Å². The second-order valence-electron chi connectivity index (χ2n) is 5.85. The molecule has 0 radical (unpaired) electrons. The lowest BCUT2D eigenvalue weighted by Gasteiger charge is -2.32. The number of benzene rings is 1. The van der Waals surface area contributed by atoms with Crippen molar-refractivity contribution in [3.05, 3.63) is 33.9 Å². The molecule has 6 nitrogen and oxygen atoms in total. The third-order valence-corrected chi connectivity index (χ3v) is 4.14. The maximum Gasteiger partial charge on any atom is 0.274 e. The summed E-state index contributed by atoms with van der Waals surface area (Å²) in [4.78, 5) is 22.6. The van der Waals surface area contributed by atoms with Crippen LogP contribution in [-0.4, -0.2) is 16.4 Å². The van der Waals surface area contributed by atoms with E-state index in [1.165, 1.54) is 12.5 Å². The van der Waals surface area contributed by atoms with Gasteiger partial charge in [-0.15, -0.1) is 0 Å². The Morgan fingerprint density at radius 2 is 2.05 bits per heavy atom. The van der Waals surface area contributed by atoms with Crippen LogP contribution in [0.2, 0.25) is 0 Å². The van der Waals surface area contributed by atoms with E-state index in [2.05, 4.69) is 5.32 Å². The minimum Gasteiger partial charge on any atom is -0.326 e. The third kappa shape index (κ3) is 3.78. The Morgan fingerprint density at radius 1 is 1.38 bits per heavy atom. The van der Waals surface area contributed by atoms with Crippen LogP contribution >= 0.6 is 0 Å². The Balaban J connectivity index is 2.06. The molecule has 1 saturated carbocycles. The molecule has 3 N–H and O–H groups in total. The van der Waals surface area contributed by atoms with Crippen LogP contribution in [0.15, 0.2) is 18.2 Å². The minimum atomic E-state index is -0.448. The summed E-state index contributed by atoms with van der Waals surface area (Å²) in [5, 5.41) is 13.7. The summed E-state index contributed by atoms with van der Waals surface area (Å²) in [6, 6.07) is 4.67. The van der Waals surface area contributed by atoms with E-state index in [1.807, 2.05) is 0 Å². The van der Waals surface area contributed by atoms with Crippen molar-refractivity contribution in [3.8, 4) is 0 Å². The normalized spacial score (nSPS) is 17.2. The number of nitrogens with two attached hydrogens (primary N) is 1. The summed E-state index contributed by atoms with van der Waals surface area (Å²) in [5.41, 5.74) is 6.78. The van der Waals surface area contributed by atoms with Crippen LogP contribution in [-0.2, 0) is 4.79 Å². The predicted octanol–water partition coefficient (Wildman–Crippen LogP) is 2.89. The van der Waals surface area contributed by atoms with Gasteiger partial charge in [0.2, 0.25) is 5.91 Å². The van der Waals surface area contributed by atoms with Gasteiger partial charge >= 0.3 is 0 Å². The molecule has 0 saturated heterocycles. The maximum atomic E-state index is 12.2. The molecule has 0 atom stereocenters. The molecule has 0 spiro atoms. The van der Waals surface area contributed by atoms with Crippen LogP contribution < -0.4 is 11.1 Å². The van der Waals surface area contributed by atoms with Crippen molar-refractivity contribution < 1.29 is 9.72 Å². The van der Waals surface area contributed by atoms with E-state index in [1.54, 1.807) is 19.1 Å². The number of nitro groups is 1. The van der Waals surface area contributed by atoms with Gasteiger partial charge in [0, 0.05) is 18.0 Å². The second-order valence-corrected chi connectivity index (χ2v) is 5.85. The quantitative estimate of drug-likeness (QED) is 0.658. The van der Waals surface area contributed by atoms with E-state index >= 15 is 0 Å². The Kier molecular flexibility index (Phi) is 4.57. The van der Waals surface area contributed by atoms with E-state index in [0.29, 0.717) is 11.3 Å². The maximum absolute atomic E-state index is 12.2. The van der Waals surface area contributed by atoms with Crippen molar-refractivity contribution in [2.45, 2.75) is 51.0 Å². The van der Waals surface area contributed by atoms with Crippen LogP contribution in [0.1, 0.15) is 44.1 Å². The van der Waals surface area contributed by atoms with Crippen LogP contribution in [0, 0.1) is 17.0 Å². The zero-order valence-corrected chi connectivity index (χ0v) is 12.2. The van der Waals surface area contributed by atoms with Crippen molar-refractivity contribution in [1.29, 1.82) is 0 Å². The predicted molar refractivity (Wildman–Crippen MR) is 81.1 cm³/mol. The largest absolute Gasteiger partial charge is 0.326 e. The van der Waals surface area contributed by atoms with E-state index in [-0.39, 0.29) is 18.0 Å². The first kappa shape index (κ1) is 15.4. The van der Waals surface area contributed by atoms with Gasteiger partial charge in [-0.1, -0.05) is 25.3 Å². The molecular weight excluding hydrogens is 270 g/mol. The van der Waals surface area contributed by atoms with Gasteiger partial charge < -0.3 is 11.1 Å². The highest BCUT2D eigenvalue weighted by Crippen LogP contribution is 2.30. The first-order valence-corrected chi connectivity index (χ1v) is 7.24. The van der Waals surface area contributed by atoms with E-state index < -0.39 is 10.5 Å². The molecule has 6 heteroatoms. The van der Waals surface area contributed by atoms with E-state index in [4.69, 9.17) is 5.73 Å². The fourth-order valence-corrected chi connectivity index (χ4v) is 2.90. The summed E-state index contributed by atoms with van der Waals surface area (Å²) in [6.07, 6.45) is 5.25. The zero-order chi connectivity index (χ0) is 15.5. The van der Waals surface area contributed by atoms with Crippen molar-refractivity contribution in [1.82, 2.24) is 0 Å². The molecule has 0 aromatic heterocycles. The highest BCUT2D eigenvalue weighted by molar-refractivity contribution is 5.92. The smallest absolute Gasteiger partial charge is 0.274 e. The lowest BCUT2D eigenvalue weighted by molar-refractivity contribution is -0.385. The SMILES string of the molecule is Cc1c(NC(=O)CC2(N)CCCCC2)cccc1[N+](=O)[O-]. The van der Waals surface area contributed by atoms with Gasteiger partial charge in [0.1, 0.15) is 0 Å². The molecule has 1 aliphatic rings. The molecule has 0 bridgehead atoms. The summed E-state index contributed by atoms with van der Waals surface area (Å²) in [6.45, 7) is 1.63. The second kappa shape index (κ2) is 6.22. The lowest BCUT2D eigenvalue weighted by atomic mass is 9.80. The summed E-state index contributed by atoms with van der Waals surface area (Å²) < 4.78 is 0. The number of rotatable bonds is 4. The molecule has 1 fully saturated rings. The van der Waals surface area contributed by atoms with Crippen molar-refractivity contribution in [3.63, 3.8) is 0 Å². The average molecular weight is 291 g/mol. The number of carbonyl (C=O) groups is 1. The summed E-state index contributed by atoms with van der Waals surface area (Å²) in [7, 11) is 0. The van der Waals surface area contributed by atoms with Gasteiger partial charge in [0.25, 0.3) is 5.69 Å². The van der Waals surface area contributed by atoms with Crippen LogP contribution in [0.25, 0.3) is 0 Å². The Morgan fingerprint density at radius 3 is 2.67 bits per heavy atom. The first-order valence-electron chi connectivity index (χ1n) is 7.24. The number of anilines is 1. The highest BCUT2D eigenvalue weighted by atomic mass is 16.6. The van der Waals surface area contributed by atoms with Crippen molar-refractivity contribution in [2.75, 3.05) is 5.32 Å². The van der Waals surface area contributed by atoms with Gasteiger partial charge in [0.05, 0.1) is 16.2 Å². The summed E-state index contributed by atoms with van der Waals surface area (Å²) in [5.74, 6) is -0.178. The van der Waals surface area contributed by atoms with Crippen molar-refractivity contribution in [2.24, 2.45) is 5.73 Å². The van der Waals surface area contributed by atoms with Gasteiger partial charge in [-0.3, -0.25) is 14.9 Å². The minimum absolute atomic E-state index is 0.00734. The lowest BCUT2D eigenvalue weighted by Crippen LogP contribution is -2.44. The highest BCUT2D eigenvalue weighted by Gasteiger charge is 2.30. The Bertz CT molecular complexity index is 551. The molecule has 0 heterocycles. The van der Waals surface area contributed by atoms with Crippen LogP contribution in [0.4, 0.5) is 11.4 Å². The van der Waals surface area contributed by atoms with Crippen LogP contribution in [0.5, 0.6) is 0 Å². The third-order valence-electron chi connectivity index (χ3n) is 4.14. The fraction of sp³-hybridized carbons (Fsp3) is 0.533. The molecule has 0 aliphatic heterocycles. The first-order chi connectivity index (χ1) is 9.91. The number of nitrogens with one attached hydrogen (secondary N) is 1. The van der Waals surface area contributed by atoms with Gasteiger partial charge in [-0.25, -0.2) is 0 Å². The number of hydrogen-bond donors (Lipinski definition) is 2. The average Bonchev–Trinajstić information content (AvgIpc) is 2.41. The number of nitro benzene ring substituents is 1. The number of amides is 1. The van der Waals surface area contributed by atoms with Crippen LogP contribution in [0.3, 0.4) is 0 Å². The van der Waals surface area contributed by atoms with Gasteiger partial charge in [-0.2, -0.15) is 0 Å². The molecule has 2 rings (SSSR count). The monoisotopic (exact) mass is 291 g/mol. The Hall–Kier alpha value is -1.95. The molecule has 1 aromatic carbocycles. The van der Waals surface area contributed by atoms with E-state index in [0.717, 1.165) is 25.7 Å². The van der Waals surface area contributed by atoms with E-state index in [9.17, 15) is 14.9 Å². The molecule has 1 aliphatic carbocycles. The topological polar surface area (TPSA) is 98.3 Å². The summed E-state index contributed by atoms with van der Waals surface area (Å²) >= 11 is 0. The molecule has 1 amide bonds. The molecular formula is C15H21N3O3. The fourth-order valence-electron chi connectivity index (χ4n) is 2.90. The zero-order valence-electron chi connectivity index (χ0n) is 12.2. The number of nitrogens with zero attached hydrogens (tertiary/aromatic N) is 1.